The summed E-state index contributed by atoms with van der Waals surface area (Å²) in [5, 5.41) is 9.30. The van der Waals surface area contributed by atoms with Crippen molar-refractivity contribution in [3.8, 4) is 10.7 Å². The van der Waals surface area contributed by atoms with Gasteiger partial charge in [-0.1, -0.05) is 39.0 Å². The zero-order chi connectivity index (χ0) is 18.6. The Hall–Kier alpha value is -2.47. The van der Waals surface area contributed by atoms with E-state index in [1.54, 1.807) is 11.3 Å². The summed E-state index contributed by atoms with van der Waals surface area (Å²) in [6.45, 7) is 7.35. The number of carbonyl (C=O) groups excluding carboxylic acids is 1. The molecule has 0 saturated heterocycles. The summed E-state index contributed by atoms with van der Waals surface area (Å²) in [5.74, 6) is 1.59. The number of hydrogen-bond donors (Lipinski definition) is 2. The molecule has 2 aromatic heterocycles. The van der Waals surface area contributed by atoms with Crippen molar-refractivity contribution in [1.82, 2.24) is 15.3 Å². The molecular weight excluding hydrogens is 344 g/mol. The first-order chi connectivity index (χ1) is 12.4. The van der Waals surface area contributed by atoms with Gasteiger partial charge in [-0.25, -0.2) is 9.97 Å². The van der Waals surface area contributed by atoms with Crippen LogP contribution in [0.3, 0.4) is 0 Å². The summed E-state index contributed by atoms with van der Waals surface area (Å²) in [5.41, 5.74) is 0.904. The number of rotatable bonds is 6. The van der Waals surface area contributed by atoms with Gasteiger partial charge in [-0.15, -0.1) is 11.3 Å². The van der Waals surface area contributed by atoms with E-state index in [4.69, 9.17) is 4.98 Å². The van der Waals surface area contributed by atoms with Crippen LogP contribution in [0.1, 0.15) is 27.2 Å². The molecular formula is C20H24N4OS. The molecule has 0 aliphatic heterocycles. The highest BCUT2D eigenvalue weighted by atomic mass is 32.1. The number of hydrogen-bond acceptors (Lipinski definition) is 5. The lowest BCUT2D eigenvalue weighted by atomic mass is 9.92. The van der Waals surface area contributed by atoms with E-state index in [9.17, 15) is 4.79 Å². The predicted octanol–water partition coefficient (Wildman–Crippen LogP) is 4.32. The highest BCUT2D eigenvalue weighted by molar-refractivity contribution is 7.13. The van der Waals surface area contributed by atoms with Crippen molar-refractivity contribution in [2.24, 2.45) is 5.41 Å². The third-order valence-corrected chi connectivity index (χ3v) is 4.64. The lowest BCUT2D eigenvalue weighted by Crippen LogP contribution is -2.31. The summed E-state index contributed by atoms with van der Waals surface area (Å²) in [7, 11) is 0. The van der Waals surface area contributed by atoms with E-state index >= 15 is 0 Å². The number of nitrogens with zero attached hydrogens (tertiary/aromatic N) is 2. The summed E-state index contributed by atoms with van der Waals surface area (Å²) in [6.07, 6.45) is 0.520. The minimum absolute atomic E-state index is 0.00399. The molecule has 26 heavy (non-hydrogen) atoms. The van der Waals surface area contributed by atoms with Crippen molar-refractivity contribution in [1.29, 1.82) is 0 Å². The van der Waals surface area contributed by atoms with E-state index in [1.807, 2.05) is 41.8 Å². The zero-order valence-electron chi connectivity index (χ0n) is 15.4. The van der Waals surface area contributed by atoms with Crippen LogP contribution in [0, 0.1) is 5.41 Å². The first kappa shape index (κ1) is 18.3. The van der Waals surface area contributed by atoms with Crippen molar-refractivity contribution < 1.29 is 4.79 Å². The second-order valence-electron chi connectivity index (χ2n) is 7.40. The number of aromatic nitrogens is 2. The molecule has 5 nitrogen and oxygen atoms in total. The Morgan fingerprint density at radius 3 is 2.62 bits per heavy atom. The van der Waals surface area contributed by atoms with Gasteiger partial charge in [0.15, 0.2) is 5.82 Å². The average molecular weight is 369 g/mol. The normalized spacial score (nSPS) is 11.5. The average Bonchev–Trinajstić information content (AvgIpc) is 3.11. The quantitative estimate of drug-likeness (QED) is 0.636. The van der Waals surface area contributed by atoms with Gasteiger partial charge in [0.1, 0.15) is 5.82 Å². The predicted molar refractivity (Wildman–Crippen MR) is 108 cm³/mol. The molecule has 2 N–H and O–H groups in total. The number of para-hydroxylation sites is 1. The van der Waals surface area contributed by atoms with Crippen LogP contribution in [0.2, 0.25) is 0 Å². The third-order valence-electron chi connectivity index (χ3n) is 3.78. The summed E-state index contributed by atoms with van der Waals surface area (Å²) < 4.78 is 0. The van der Waals surface area contributed by atoms with Crippen molar-refractivity contribution in [3.05, 3.63) is 41.8 Å². The SMILES string of the molecule is CC(C)(C)CC(=O)NCCNc1nc(-c2cccs2)nc2ccccc12. The number of nitrogens with one attached hydrogen (secondary N) is 2. The van der Waals surface area contributed by atoms with Crippen LogP contribution in [0.4, 0.5) is 5.82 Å². The van der Waals surface area contributed by atoms with Crippen molar-refractivity contribution in [3.63, 3.8) is 0 Å². The van der Waals surface area contributed by atoms with E-state index < -0.39 is 0 Å². The molecule has 6 heteroatoms. The molecule has 0 unspecified atom stereocenters. The Labute approximate surface area is 157 Å². The van der Waals surface area contributed by atoms with E-state index in [0.29, 0.717) is 19.5 Å². The number of benzene rings is 1. The number of anilines is 1. The first-order valence-corrected chi connectivity index (χ1v) is 9.61. The van der Waals surface area contributed by atoms with Crippen molar-refractivity contribution >= 4 is 34.0 Å². The van der Waals surface area contributed by atoms with Gasteiger partial charge >= 0.3 is 0 Å². The van der Waals surface area contributed by atoms with E-state index in [0.717, 1.165) is 27.4 Å². The fourth-order valence-electron chi connectivity index (χ4n) is 2.65. The molecule has 3 rings (SSSR count). The van der Waals surface area contributed by atoms with Crippen LogP contribution in [-0.4, -0.2) is 29.0 Å². The summed E-state index contributed by atoms with van der Waals surface area (Å²) >= 11 is 1.62. The lowest BCUT2D eigenvalue weighted by Gasteiger charge is -2.17. The molecule has 0 aliphatic rings. The van der Waals surface area contributed by atoms with Crippen LogP contribution in [0.5, 0.6) is 0 Å². The fraction of sp³-hybridized carbons (Fsp3) is 0.350. The molecule has 2 heterocycles. The minimum atomic E-state index is -0.00399. The maximum Gasteiger partial charge on any atom is 0.220 e. The Kier molecular flexibility index (Phi) is 5.52. The van der Waals surface area contributed by atoms with Crippen LogP contribution in [0.15, 0.2) is 41.8 Å². The van der Waals surface area contributed by atoms with E-state index in [1.165, 1.54) is 0 Å². The topological polar surface area (TPSA) is 66.9 Å². The maximum atomic E-state index is 11.9. The molecule has 3 aromatic rings. The third kappa shape index (κ3) is 4.79. The molecule has 0 fully saturated rings. The molecule has 0 bridgehead atoms. The Balaban J connectivity index is 1.70. The standard InChI is InChI=1S/C20H24N4OS/c1-20(2,3)13-17(25)21-10-11-22-18-14-7-4-5-8-15(14)23-19(24-18)16-9-6-12-26-16/h4-9,12H,10-11,13H2,1-3H3,(H,21,25)(H,22,23,24). The molecule has 136 valence electrons. The highest BCUT2D eigenvalue weighted by Crippen LogP contribution is 2.27. The van der Waals surface area contributed by atoms with Gasteiger partial charge in [0.2, 0.25) is 5.91 Å². The Morgan fingerprint density at radius 1 is 1.08 bits per heavy atom. The van der Waals surface area contributed by atoms with E-state index in [-0.39, 0.29) is 11.3 Å². The monoisotopic (exact) mass is 368 g/mol. The largest absolute Gasteiger partial charge is 0.368 e. The van der Waals surface area contributed by atoms with Gasteiger partial charge in [-0.2, -0.15) is 0 Å². The number of carbonyl (C=O) groups is 1. The second kappa shape index (κ2) is 7.83. The van der Waals surface area contributed by atoms with Gasteiger partial charge in [0, 0.05) is 24.9 Å². The van der Waals surface area contributed by atoms with Crippen LogP contribution in [-0.2, 0) is 4.79 Å². The van der Waals surface area contributed by atoms with Gasteiger partial charge in [0.05, 0.1) is 10.4 Å². The molecule has 0 atom stereocenters. The smallest absolute Gasteiger partial charge is 0.220 e. The zero-order valence-corrected chi connectivity index (χ0v) is 16.2. The number of thiophene rings is 1. The van der Waals surface area contributed by atoms with Crippen LogP contribution in [0.25, 0.3) is 21.6 Å². The van der Waals surface area contributed by atoms with Gasteiger partial charge < -0.3 is 10.6 Å². The molecule has 0 radical (unpaired) electrons. The summed E-state index contributed by atoms with van der Waals surface area (Å²) in [6, 6.07) is 12.0. The molecule has 0 aliphatic carbocycles. The molecule has 0 spiro atoms. The van der Waals surface area contributed by atoms with Gasteiger partial charge in [-0.05, 0) is 29.0 Å². The lowest BCUT2D eigenvalue weighted by molar-refractivity contribution is -0.122. The maximum absolute atomic E-state index is 11.9. The molecule has 1 aromatic carbocycles. The Morgan fingerprint density at radius 2 is 1.88 bits per heavy atom. The highest BCUT2D eigenvalue weighted by Gasteiger charge is 2.15. The fourth-order valence-corrected chi connectivity index (χ4v) is 3.31. The Bertz CT molecular complexity index is 884. The van der Waals surface area contributed by atoms with Crippen LogP contribution < -0.4 is 10.6 Å². The van der Waals surface area contributed by atoms with Crippen molar-refractivity contribution in [2.75, 3.05) is 18.4 Å². The molecule has 1 amide bonds. The number of fused-ring (bicyclic) bond motifs is 1. The summed E-state index contributed by atoms with van der Waals surface area (Å²) in [4.78, 5) is 22.3. The second-order valence-corrected chi connectivity index (χ2v) is 8.35. The number of amides is 1. The first-order valence-electron chi connectivity index (χ1n) is 8.74. The minimum Gasteiger partial charge on any atom is -0.368 e. The van der Waals surface area contributed by atoms with Gasteiger partial charge in [-0.3, -0.25) is 4.79 Å². The van der Waals surface area contributed by atoms with Gasteiger partial charge in [0.25, 0.3) is 0 Å². The van der Waals surface area contributed by atoms with Crippen LogP contribution >= 0.6 is 11.3 Å². The van der Waals surface area contributed by atoms with Crippen molar-refractivity contribution in [2.45, 2.75) is 27.2 Å². The molecule has 0 saturated carbocycles. The van der Waals surface area contributed by atoms with E-state index in [2.05, 4.69) is 36.4 Å².